The van der Waals surface area contributed by atoms with Gasteiger partial charge in [0.2, 0.25) is 0 Å². The zero-order chi connectivity index (χ0) is 22.8. The number of rotatable bonds is 5. The van der Waals surface area contributed by atoms with E-state index in [0.717, 1.165) is 16.8 Å². The van der Waals surface area contributed by atoms with Crippen molar-refractivity contribution >= 4 is 5.91 Å². The van der Waals surface area contributed by atoms with E-state index in [4.69, 9.17) is 0 Å². The highest BCUT2D eigenvalue weighted by Crippen LogP contribution is 2.32. The Kier molecular flexibility index (Phi) is 6.16. The van der Waals surface area contributed by atoms with Crippen molar-refractivity contribution in [1.29, 1.82) is 5.26 Å². The molecule has 3 aromatic rings. The summed E-state index contributed by atoms with van der Waals surface area (Å²) in [5.41, 5.74) is 3.65. The largest absolute Gasteiger partial charge is 0.334 e. The molecule has 1 N–H and O–H groups in total. The third-order valence-electron chi connectivity index (χ3n) is 5.01. The minimum Gasteiger partial charge on any atom is -0.334 e. The summed E-state index contributed by atoms with van der Waals surface area (Å²) in [4.78, 5) is 21.5. The molecular formula is C25H25FN4O. The molecular weight excluding hydrogens is 391 g/mol. The van der Waals surface area contributed by atoms with Crippen LogP contribution in [0.2, 0.25) is 0 Å². The molecule has 0 saturated carbocycles. The summed E-state index contributed by atoms with van der Waals surface area (Å²) in [5, 5.41) is 12.0. The van der Waals surface area contributed by atoms with Crippen LogP contribution in [0.25, 0.3) is 22.3 Å². The Labute approximate surface area is 182 Å². The number of aromatic nitrogens is 2. The van der Waals surface area contributed by atoms with Crippen molar-refractivity contribution in [2.45, 2.75) is 46.1 Å². The molecule has 1 amide bonds. The number of nitriles is 1. The maximum Gasteiger partial charge on any atom is 0.252 e. The van der Waals surface area contributed by atoms with Crippen LogP contribution in [-0.4, -0.2) is 21.4 Å². The molecule has 158 valence electrons. The smallest absolute Gasteiger partial charge is 0.252 e. The number of carbonyl (C=O) groups excluding carboxylic acids is 1. The number of nitrogens with zero attached hydrogens (tertiary/aromatic N) is 3. The Balaban J connectivity index is 2.21. The minimum atomic E-state index is -1.03. The molecule has 0 aliphatic rings. The van der Waals surface area contributed by atoms with Crippen molar-refractivity contribution in [2.24, 2.45) is 0 Å². The first-order valence-corrected chi connectivity index (χ1v) is 10.1. The molecule has 0 unspecified atom stereocenters. The van der Waals surface area contributed by atoms with Crippen LogP contribution in [0.15, 0.2) is 48.9 Å². The van der Waals surface area contributed by atoms with E-state index in [1.807, 2.05) is 26.0 Å². The average Bonchev–Trinajstić information content (AvgIpc) is 2.75. The van der Waals surface area contributed by atoms with E-state index in [1.165, 1.54) is 12.4 Å². The normalized spacial score (nSPS) is 11.3. The molecule has 0 atom stereocenters. The number of amides is 1. The van der Waals surface area contributed by atoms with Crippen molar-refractivity contribution in [1.82, 2.24) is 15.3 Å². The zero-order valence-corrected chi connectivity index (χ0v) is 18.3. The van der Waals surface area contributed by atoms with E-state index >= 15 is 0 Å². The maximum absolute atomic E-state index is 14.3. The van der Waals surface area contributed by atoms with Gasteiger partial charge in [-0.05, 0) is 73.2 Å². The van der Waals surface area contributed by atoms with Crippen LogP contribution in [0, 0.1) is 24.1 Å². The molecule has 3 rings (SSSR count). The van der Waals surface area contributed by atoms with Gasteiger partial charge in [0.1, 0.15) is 17.7 Å². The van der Waals surface area contributed by atoms with E-state index < -0.39 is 5.54 Å². The van der Waals surface area contributed by atoms with Crippen molar-refractivity contribution in [3.8, 4) is 28.3 Å². The number of aryl methyl sites for hydroxylation is 1. The maximum atomic E-state index is 14.3. The van der Waals surface area contributed by atoms with Crippen molar-refractivity contribution in [3.05, 3.63) is 71.6 Å². The van der Waals surface area contributed by atoms with Gasteiger partial charge in [0.15, 0.2) is 0 Å². The van der Waals surface area contributed by atoms with Crippen molar-refractivity contribution < 1.29 is 9.18 Å². The minimum absolute atomic E-state index is 0.147. The lowest BCUT2D eigenvalue weighted by Crippen LogP contribution is -2.42. The summed E-state index contributed by atoms with van der Waals surface area (Å²) >= 11 is 0. The third kappa shape index (κ3) is 4.95. The SMILES string of the molecule is Cc1ccc(-c2cc(C(=O)NC(C)(C)C#N)cc(-c3cncnc3C(C)C)c2)cc1F. The lowest BCUT2D eigenvalue weighted by molar-refractivity contribution is 0.0929. The van der Waals surface area contributed by atoms with Gasteiger partial charge in [-0.3, -0.25) is 4.79 Å². The summed E-state index contributed by atoms with van der Waals surface area (Å²) < 4.78 is 14.3. The number of benzene rings is 2. The fourth-order valence-corrected chi connectivity index (χ4v) is 3.26. The van der Waals surface area contributed by atoms with E-state index in [0.29, 0.717) is 22.3 Å². The Hall–Kier alpha value is -3.59. The molecule has 31 heavy (non-hydrogen) atoms. The summed E-state index contributed by atoms with van der Waals surface area (Å²) in [7, 11) is 0. The molecule has 0 fully saturated rings. The Morgan fingerprint density at radius 3 is 2.48 bits per heavy atom. The molecule has 0 aliphatic carbocycles. The van der Waals surface area contributed by atoms with Gasteiger partial charge in [0.25, 0.3) is 5.91 Å². The molecule has 6 heteroatoms. The summed E-state index contributed by atoms with van der Waals surface area (Å²) in [6.07, 6.45) is 3.22. The number of nitrogens with one attached hydrogen (secondary N) is 1. The van der Waals surface area contributed by atoms with Crippen LogP contribution >= 0.6 is 0 Å². The first kappa shape index (κ1) is 22.1. The highest BCUT2D eigenvalue weighted by atomic mass is 19.1. The standard InChI is InChI=1S/C25H25FN4O/c1-15(2)23-21(12-28-14-29-23)19-8-18(17-7-6-16(3)22(26)11-17)9-20(10-19)24(31)30-25(4,5)13-27/h6-12,14-15H,1-5H3,(H,30,31). The van der Waals surface area contributed by atoms with E-state index in [2.05, 4.69) is 21.4 Å². The fourth-order valence-electron chi connectivity index (χ4n) is 3.26. The second-order valence-corrected chi connectivity index (χ2v) is 8.43. The molecule has 0 saturated heterocycles. The van der Waals surface area contributed by atoms with Gasteiger partial charge in [-0.2, -0.15) is 5.26 Å². The van der Waals surface area contributed by atoms with Gasteiger partial charge in [-0.15, -0.1) is 0 Å². The Morgan fingerprint density at radius 1 is 1.13 bits per heavy atom. The number of hydrogen-bond acceptors (Lipinski definition) is 4. The van der Waals surface area contributed by atoms with Crippen LogP contribution in [0.1, 0.15) is 55.2 Å². The van der Waals surface area contributed by atoms with E-state index in [9.17, 15) is 14.4 Å². The van der Waals surface area contributed by atoms with Crippen LogP contribution < -0.4 is 5.32 Å². The second-order valence-electron chi connectivity index (χ2n) is 8.43. The van der Waals surface area contributed by atoms with Crippen LogP contribution in [0.3, 0.4) is 0 Å². The summed E-state index contributed by atoms with van der Waals surface area (Å²) in [6, 6.07) is 12.4. The van der Waals surface area contributed by atoms with Gasteiger partial charge in [0, 0.05) is 17.3 Å². The van der Waals surface area contributed by atoms with Crippen molar-refractivity contribution in [3.63, 3.8) is 0 Å². The Bertz CT molecular complexity index is 1180. The molecule has 0 aliphatic heterocycles. The quantitative estimate of drug-likeness (QED) is 0.603. The lowest BCUT2D eigenvalue weighted by atomic mass is 9.93. The van der Waals surface area contributed by atoms with Gasteiger partial charge in [-0.1, -0.05) is 26.0 Å². The fraction of sp³-hybridized carbons (Fsp3) is 0.280. The molecule has 0 radical (unpaired) electrons. The van der Waals surface area contributed by atoms with E-state index in [1.54, 1.807) is 45.2 Å². The van der Waals surface area contributed by atoms with Gasteiger partial charge >= 0.3 is 0 Å². The molecule has 0 bridgehead atoms. The summed E-state index contributed by atoms with van der Waals surface area (Å²) in [5.74, 6) is -0.552. The van der Waals surface area contributed by atoms with E-state index in [-0.39, 0.29) is 17.6 Å². The van der Waals surface area contributed by atoms with Crippen LogP contribution in [-0.2, 0) is 0 Å². The first-order chi connectivity index (χ1) is 14.6. The molecule has 2 aromatic carbocycles. The topological polar surface area (TPSA) is 78.7 Å². The highest BCUT2D eigenvalue weighted by molar-refractivity contribution is 5.98. The summed E-state index contributed by atoms with van der Waals surface area (Å²) in [6.45, 7) is 9.04. The Morgan fingerprint density at radius 2 is 1.84 bits per heavy atom. The van der Waals surface area contributed by atoms with Crippen molar-refractivity contribution in [2.75, 3.05) is 0 Å². The number of halogens is 1. The monoisotopic (exact) mass is 416 g/mol. The molecule has 1 aromatic heterocycles. The molecule has 5 nitrogen and oxygen atoms in total. The lowest BCUT2D eigenvalue weighted by Gasteiger charge is -2.19. The molecule has 0 spiro atoms. The second kappa shape index (κ2) is 8.65. The van der Waals surface area contributed by atoms with Gasteiger partial charge in [-0.25, -0.2) is 14.4 Å². The van der Waals surface area contributed by atoms with Crippen LogP contribution in [0.4, 0.5) is 4.39 Å². The first-order valence-electron chi connectivity index (χ1n) is 10.1. The predicted octanol–water partition coefficient (Wildman–Crippen LogP) is 5.41. The third-order valence-corrected chi connectivity index (χ3v) is 5.01. The van der Waals surface area contributed by atoms with Gasteiger partial charge in [0.05, 0.1) is 11.8 Å². The zero-order valence-electron chi connectivity index (χ0n) is 18.3. The van der Waals surface area contributed by atoms with Crippen LogP contribution in [0.5, 0.6) is 0 Å². The molecule has 1 heterocycles. The number of hydrogen-bond donors (Lipinski definition) is 1. The van der Waals surface area contributed by atoms with Gasteiger partial charge < -0.3 is 5.32 Å². The highest BCUT2D eigenvalue weighted by Gasteiger charge is 2.22. The average molecular weight is 417 g/mol. The predicted molar refractivity (Wildman–Crippen MR) is 119 cm³/mol. The number of carbonyl (C=O) groups is 1.